The molecule has 8 heteroatoms. The number of nitrogens with one attached hydrogen (secondary N) is 2. The van der Waals surface area contributed by atoms with Gasteiger partial charge in [-0.1, -0.05) is 48.0 Å². The van der Waals surface area contributed by atoms with Gasteiger partial charge in [0, 0.05) is 22.7 Å². The van der Waals surface area contributed by atoms with Crippen molar-refractivity contribution in [3.8, 4) is 11.4 Å². The first-order valence-corrected chi connectivity index (χ1v) is 10.3. The highest BCUT2D eigenvalue weighted by Crippen LogP contribution is 2.23. The summed E-state index contributed by atoms with van der Waals surface area (Å²) in [6.07, 6.45) is 0. The maximum absolute atomic E-state index is 13.9. The number of aromatic nitrogens is 2. The van der Waals surface area contributed by atoms with Crippen molar-refractivity contribution >= 4 is 32.7 Å². The van der Waals surface area contributed by atoms with Crippen molar-refractivity contribution in [1.29, 1.82) is 0 Å². The minimum absolute atomic E-state index is 0.0516. The van der Waals surface area contributed by atoms with Crippen molar-refractivity contribution in [2.24, 2.45) is 0 Å². The Kier molecular flexibility index (Phi) is 4.89. The first-order valence-electron chi connectivity index (χ1n) is 8.42. The van der Waals surface area contributed by atoms with E-state index in [1.165, 1.54) is 30.3 Å². The predicted molar refractivity (Wildman–Crippen MR) is 107 cm³/mol. The number of H-pyrrole nitrogens is 1. The van der Waals surface area contributed by atoms with Crippen molar-refractivity contribution in [3.63, 3.8) is 0 Å². The Hall–Kier alpha value is -2.74. The molecule has 3 aromatic carbocycles. The van der Waals surface area contributed by atoms with E-state index in [0.717, 1.165) is 5.56 Å². The Morgan fingerprint density at radius 2 is 1.82 bits per heavy atom. The van der Waals surface area contributed by atoms with Crippen molar-refractivity contribution in [2.75, 3.05) is 0 Å². The highest BCUT2D eigenvalue weighted by atomic mass is 35.5. The Morgan fingerprint density at radius 1 is 1.04 bits per heavy atom. The van der Waals surface area contributed by atoms with Crippen molar-refractivity contribution in [2.45, 2.75) is 11.4 Å². The van der Waals surface area contributed by atoms with Gasteiger partial charge in [-0.05, 0) is 30.3 Å². The lowest BCUT2D eigenvalue weighted by Crippen LogP contribution is -2.24. The molecule has 0 aliphatic heterocycles. The Labute approximate surface area is 166 Å². The average molecular weight is 416 g/mol. The zero-order valence-electron chi connectivity index (χ0n) is 14.5. The molecule has 0 aliphatic rings. The monoisotopic (exact) mass is 415 g/mol. The molecule has 142 valence electrons. The summed E-state index contributed by atoms with van der Waals surface area (Å²) in [5, 5.41) is 0.166. The quantitative estimate of drug-likeness (QED) is 0.504. The Morgan fingerprint density at radius 3 is 2.57 bits per heavy atom. The van der Waals surface area contributed by atoms with Gasteiger partial charge in [-0.15, -0.1) is 0 Å². The van der Waals surface area contributed by atoms with Gasteiger partial charge in [0.05, 0.1) is 15.9 Å². The molecule has 0 bridgehead atoms. The fraction of sp³-hybridized carbons (Fsp3) is 0.0500. The van der Waals surface area contributed by atoms with E-state index in [1.807, 2.05) is 30.3 Å². The molecule has 1 aromatic heterocycles. The summed E-state index contributed by atoms with van der Waals surface area (Å²) in [6.45, 7) is -0.246. The van der Waals surface area contributed by atoms with Crippen LogP contribution in [0, 0.1) is 5.82 Å². The van der Waals surface area contributed by atoms with Gasteiger partial charge in [0.15, 0.2) is 0 Å². The number of nitrogens with zero attached hydrogens (tertiary/aromatic N) is 1. The van der Waals surface area contributed by atoms with Gasteiger partial charge in [-0.3, -0.25) is 0 Å². The molecule has 0 saturated heterocycles. The summed E-state index contributed by atoms with van der Waals surface area (Å²) in [5.41, 5.74) is 2.23. The number of benzene rings is 3. The van der Waals surface area contributed by atoms with Crippen LogP contribution in [0.4, 0.5) is 4.39 Å². The van der Waals surface area contributed by atoms with Gasteiger partial charge in [-0.25, -0.2) is 22.5 Å². The number of aromatic amines is 1. The molecule has 0 atom stereocenters. The van der Waals surface area contributed by atoms with Gasteiger partial charge in [0.2, 0.25) is 10.0 Å². The highest BCUT2D eigenvalue weighted by molar-refractivity contribution is 7.89. The number of hydrogen-bond acceptors (Lipinski definition) is 3. The molecule has 0 saturated carbocycles. The topological polar surface area (TPSA) is 74.8 Å². The van der Waals surface area contributed by atoms with Crippen LogP contribution >= 0.6 is 11.6 Å². The zero-order valence-corrected chi connectivity index (χ0v) is 16.1. The molecule has 2 N–H and O–H groups in total. The third-order valence-corrected chi connectivity index (χ3v) is 6.06. The van der Waals surface area contributed by atoms with Crippen LogP contribution < -0.4 is 4.72 Å². The largest absolute Gasteiger partial charge is 0.338 e. The van der Waals surface area contributed by atoms with E-state index in [1.54, 1.807) is 6.07 Å². The average Bonchev–Trinajstić information content (AvgIpc) is 3.12. The maximum Gasteiger partial charge on any atom is 0.240 e. The standard InChI is InChI=1S/C20H15ClFN3O2S/c21-16-7-4-8-17(22)15(16)12-23-28(26,27)14-9-10-18-19(11-14)25-20(24-18)13-5-2-1-3-6-13/h1-11,23H,12H2,(H,24,25). The first kappa shape index (κ1) is 18.6. The molecular weight excluding hydrogens is 401 g/mol. The van der Waals surface area contributed by atoms with E-state index in [-0.39, 0.29) is 22.0 Å². The van der Waals surface area contributed by atoms with Gasteiger partial charge >= 0.3 is 0 Å². The third-order valence-electron chi connectivity index (χ3n) is 4.31. The maximum atomic E-state index is 13.9. The summed E-state index contributed by atoms with van der Waals surface area (Å²) in [4.78, 5) is 7.67. The van der Waals surface area contributed by atoms with Crippen LogP contribution in [0.15, 0.2) is 71.6 Å². The van der Waals surface area contributed by atoms with Crippen LogP contribution in [0.3, 0.4) is 0 Å². The van der Waals surface area contributed by atoms with E-state index >= 15 is 0 Å². The molecule has 0 fully saturated rings. The van der Waals surface area contributed by atoms with E-state index < -0.39 is 15.8 Å². The molecule has 28 heavy (non-hydrogen) atoms. The van der Waals surface area contributed by atoms with E-state index in [4.69, 9.17) is 11.6 Å². The van der Waals surface area contributed by atoms with Crippen LogP contribution in [0.2, 0.25) is 5.02 Å². The van der Waals surface area contributed by atoms with Gasteiger partial charge in [0.1, 0.15) is 11.6 Å². The molecule has 0 unspecified atom stereocenters. The second kappa shape index (κ2) is 7.35. The lowest BCUT2D eigenvalue weighted by molar-refractivity contribution is 0.574. The van der Waals surface area contributed by atoms with Gasteiger partial charge in [-0.2, -0.15) is 0 Å². The van der Waals surface area contributed by atoms with E-state index in [2.05, 4.69) is 14.7 Å². The summed E-state index contributed by atoms with van der Waals surface area (Å²) in [6, 6.07) is 18.3. The molecule has 5 nitrogen and oxygen atoms in total. The van der Waals surface area contributed by atoms with Gasteiger partial charge < -0.3 is 4.98 Å². The lowest BCUT2D eigenvalue weighted by Gasteiger charge is -2.09. The number of rotatable bonds is 5. The molecule has 0 aliphatic carbocycles. The van der Waals surface area contributed by atoms with Crippen molar-refractivity contribution < 1.29 is 12.8 Å². The fourth-order valence-corrected chi connectivity index (χ4v) is 4.09. The smallest absolute Gasteiger partial charge is 0.240 e. The first-order chi connectivity index (χ1) is 13.4. The minimum Gasteiger partial charge on any atom is -0.338 e. The number of halogens is 2. The van der Waals surface area contributed by atoms with Crippen molar-refractivity contribution in [1.82, 2.24) is 14.7 Å². The summed E-state index contributed by atoms with van der Waals surface area (Å²) in [7, 11) is -3.86. The third kappa shape index (κ3) is 3.64. The highest BCUT2D eigenvalue weighted by Gasteiger charge is 2.17. The summed E-state index contributed by atoms with van der Waals surface area (Å²) in [5.74, 6) is 0.0861. The Bertz CT molecular complexity index is 1240. The SMILES string of the molecule is O=S(=O)(NCc1c(F)cccc1Cl)c1ccc2nc(-c3ccccc3)[nH]c2c1. The number of imidazole rings is 1. The normalized spacial score (nSPS) is 11.8. The molecule has 0 amide bonds. The molecule has 0 spiro atoms. The Balaban J connectivity index is 1.62. The van der Waals surface area contributed by atoms with Crippen LogP contribution in [0.25, 0.3) is 22.4 Å². The van der Waals surface area contributed by atoms with E-state index in [9.17, 15) is 12.8 Å². The second-order valence-electron chi connectivity index (χ2n) is 6.16. The number of fused-ring (bicyclic) bond motifs is 1. The van der Waals surface area contributed by atoms with Crippen LogP contribution in [0.1, 0.15) is 5.56 Å². The number of hydrogen-bond donors (Lipinski definition) is 2. The molecule has 1 heterocycles. The minimum atomic E-state index is -3.86. The van der Waals surface area contributed by atoms with Crippen LogP contribution in [0.5, 0.6) is 0 Å². The molecule has 4 rings (SSSR count). The fourth-order valence-electron chi connectivity index (χ4n) is 2.84. The lowest BCUT2D eigenvalue weighted by atomic mass is 10.2. The predicted octanol–water partition coefficient (Wildman–Crippen LogP) is 4.50. The van der Waals surface area contributed by atoms with Crippen LogP contribution in [-0.4, -0.2) is 18.4 Å². The van der Waals surface area contributed by atoms with E-state index in [0.29, 0.717) is 16.9 Å². The molecular formula is C20H15ClFN3O2S. The zero-order chi connectivity index (χ0) is 19.7. The second-order valence-corrected chi connectivity index (χ2v) is 8.33. The summed E-state index contributed by atoms with van der Waals surface area (Å²) >= 11 is 5.96. The number of sulfonamides is 1. The van der Waals surface area contributed by atoms with Crippen LogP contribution in [-0.2, 0) is 16.6 Å². The summed E-state index contributed by atoms with van der Waals surface area (Å²) < 4.78 is 41.5. The van der Waals surface area contributed by atoms with Crippen molar-refractivity contribution in [3.05, 3.63) is 83.1 Å². The molecule has 4 aromatic rings. The molecule has 0 radical (unpaired) electrons. The van der Waals surface area contributed by atoms with Gasteiger partial charge in [0.25, 0.3) is 0 Å².